The van der Waals surface area contributed by atoms with Crippen LogP contribution in [0, 0.1) is 0 Å². The number of aromatic nitrogens is 2. The molecule has 7 heteroatoms. The monoisotopic (exact) mass is 367 g/mol. The molecule has 0 saturated carbocycles. The van der Waals surface area contributed by atoms with Crippen molar-refractivity contribution in [2.24, 2.45) is 0 Å². The highest BCUT2D eigenvalue weighted by molar-refractivity contribution is 7.99. The molecular weight excluding hydrogens is 342 g/mol. The average molecular weight is 368 g/mol. The number of carbonyl (C=O) groups is 1. The lowest BCUT2D eigenvalue weighted by atomic mass is 10.3. The fourth-order valence-electron chi connectivity index (χ4n) is 2.30. The summed E-state index contributed by atoms with van der Waals surface area (Å²) in [5, 5.41) is 4.27. The molecule has 0 aromatic carbocycles. The predicted octanol–water partition coefficient (Wildman–Crippen LogP) is 3.44. The second-order valence-corrected chi connectivity index (χ2v) is 7.86. The van der Waals surface area contributed by atoms with Gasteiger partial charge in [0.1, 0.15) is 4.83 Å². The Balaban J connectivity index is 2.28. The van der Waals surface area contributed by atoms with Gasteiger partial charge in [-0.3, -0.25) is 14.2 Å². The van der Waals surface area contributed by atoms with Crippen LogP contribution >= 0.6 is 23.1 Å². The van der Waals surface area contributed by atoms with E-state index in [1.54, 1.807) is 15.9 Å². The maximum Gasteiger partial charge on any atom is 0.262 e. The fraction of sp³-hybridized carbons (Fsp3) is 0.588. The number of rotatable bonds is 8. The minimum absolute atomic E-state index is 0.00244. The number of aryl methyl sites for hydroxylation is 1. The summed E-state index contributed by atoms with van der Waals surface area (Å²) in [5.41, 5.74) is 0.00244. The van der Waals surface area contributed by atoms with Gasteiger partial charge in [-0.2, -0.15) is 0 Å². The van der Waals surface area contributed by atoms with Crippen molar-refractivity contribution in [2.75, 3.05) is 5.75 Å². The van der Waals surface area contributed by atoms with Gasteiger partial charge in [0.2, 0.25) is 5.91 Å². The van der Waals surface area contributed by atoms with E-state index in [9.17, 15) is 9.59 Å². The van der Waals surface area contributed by atoms with Crippen LogP contribution in [0.5, 0.6) is 0 Å². The van der Waals surface area contributed by atoms with Gasteiger partial charge in [0.25, 0.3) is 5.56 Å². The lowest BCUT2D eigenvalue weighted by Gasteiger charge is -2.13. The molecule has 1 amide bonds. The number of fused-ring (bicyclic) bond motifs is 1. The highest BCUT2D eigenvalue weighted by Crippen LogP contribution is 2.25. The molecule has 5 nitrogen and oxygen atoms in total. The first-order valence-corrected chi connectivity index (χ1v) is 10.3. The van der Waals surface area contributed by atoms with Crippen LogP contribution in [0.25, 0.3) is 10.2 Å². The number of nitrogens with zero attached hydrogens (tertiary/aromatic N) is 2. The highest BCUT2D eigenvalue weighted by atomic mass is 32.2. The summed E-state index contributed by atoms with van der Waals surface area (Å²) in [6.45, 7) is 8.75. The minimum atomic E-state index is -0.0211. The molecule has 2 heterocycles. The molecule has 24 heavy (non-hydrogen) atoms. The number of thioether (sulfide) groups is 1. The van der Waals surface area contributed by atoms with E-state index in [1.807, 2.05) is 26.8 Å². The first kappa shape index (κ1) is 19.0. The van der Waals surface area contributed by atoms with Crippen molar-refractivity contribution in [1.29, 1.82) is 0 Å². The quantitative estimate of drug-likeness (QED) is 0.573. The summed E-state index contributed by atoms with van der Waals surface area (Å²) >= 11 is 2.90. The molecule has 1 atom stereocenters. The molecule has 132 valence electrons. The van der Waals surface area contributed by atoms with Crippen molar-refractivity contribution in [3.05, 3.63) is 21.3 Å². The highest BCUT2D eigenvalue weighted by Gasteiger charge is 2.15. The van der Waals surface area contributed by atoms with Crippen LogP contribution in [0.15, 0.2) is 16.0 Å². The van der Waals surface area contributed by atoms with Gasteiger partial charge >= 0.3 is 0 Å². The molecule has 2 aromatic rings. The Kier molecular flexibility index (Phi) is 6.86. The number of thiophene rings is 1. The van der Waals surface area contributed by atoms with E-state index in [4.69, 9.17) is 0 Å². The maximum absolute atomic E-state index is 12.8. The zero-order valence-corrected chi connectivity index (χ0v) is 16.4. The van der Waals surface area contributed by atoms with Gasteiger partial charge < -0.3 is 5.32 Å². The van der Waals surface area contributed by atoms with Crippen molar-refractivity contribution < 1.29 is 4.79 Å². The molecule has 0 bridgehead atoms. The lowest BCUT2D eigenvalue weighted by molar-refractivity contribution is -0.119. The Morgan fingerprint density at radius 1 is 1.42 bits per heavy atom. The standard InChI is InChI=1S/C17H25N3O2S2/c1-5-8-20-16(22)13-9-12(7-3)24-15(13)19-17(20)23-10-14(21)18-11(4)6-2/h9,11H,5-8,10H2,1-4H3,(H,18,21). The third-order valence-electron chi connectivity index (χ3n) is 3.81. The molecule has 0 aliphatic heterocycles. The Morgan fingerprint density at radius 2 is 2.17 bits per heavy atom. The summed E-state index contributed by atoms with van der Waals surface area (Å²) in [4.78, 5) is 31.4. The topological polar surface area (TPSA) is 64.0 Å². The van der Waals surface area contributed by atoms with Gasteiger partial charge in [0.05, 0.1) is 11.1 Å². The van der Waals surface area contributed by atoms with Crippen LogP contribution in [0.3, 0.4) is 0 Å². The average Bonchev–Trinajstić information content (AvgIpc) is 2.99. The van der Waals surface area contributed by atoms with E-state index >= 15 is 0 Å². The van der Waals surface area contributed by atoms with Crippen LogP contribution in [0.2, 0.25) is 0 Å². The Labute approximate surface area is 150 Å². The van der Waals surface area contributed by atoms with E-state index < -0.39 is 0 Å². The van der Waals surface area contributed by atoms with E-state index in [0.29, 0.717) is 17.1 Å². The van der Waals surface area contributed by atoms with Crippen LogP contribution in [-0.4, -0.2) is 27.3 Å². The normalized spacial score (nSPS) is 12.5. The largest absolute Gasteiger partial charge is 0.353 e. The van der Waals surface area contributed by atoms with E-state index in [1.165, 1.54) is 11.8 Å². The summed E-state index contributed by atoms with van der Waals surface area (Å²) in [6, 6.07) is 2.11. The number of amides is 1. The van der Waals surface area contributed by atoms with Crippen molar-refractivity contribution in [3.8, 4) is 0 Å². The maximum atomic E-state index is 12.8. The molecule has 0 saturated heterocycles. The van der Waals surface area contributed by atoms with Gasteiger partial charge in [-0.1, -0.05) is 32.5 Å². The van der Waals surface area contributed by atoms with Crippen molar-refractivity contribution in [2.45, 2.75) is 64.7 Å². The van der Waals surface area contributed by atoms with Crippen molar-refractivity contribution >= 4 is 39.2 Å². The fourth-order valence-corrected chi connectivity index (χ4v) is 4.15. The lowest BCUT2D eigenvalue weighted by Crippen LogP contribution is -2.33. The smallest absolute Gasteiger partial charge is 0.262 e. The van der Waals surface area contributed by atoms with Crippen LogP contribution in [-0.2, 0) is 17.8 Å². The van der Waals surface area contributed by atoms with Gasteiger partial charge in [-0.05, 0) is 32.3 Å². The van der Waals surface area contributed by atoms with Crippen LogP contribution in [0.4, 0.5) is 0 Å². The third-order valence-corrected chi connectivity index (χ3v) is 5.96. The molecular formula is C17H25N3O2S2. The van der Waals surface area contributed by atoms with Crippen molar-refractivity contribution in [3.63, 3.8) is 0 Å². The predicted molar refractivity (Wildman–Crippen MR) is 102 cm³/mol. The first-order chi connectivity index (χ1) is 11.5. The SMILES string of the molecule is CCCn1c(SCC(=O)NC(C)CC)nc2sc(CC)cc2c1=O. The summed E-state index contributed by atoms with van der Waals surface area (Å²) in [5.74, 6) is 0.255. The van der Waals surface area contributed by atoms with Crippen LogP contribution < -0.4 is 10.9 Å². The Morgan fingerprint density at radius 3 is 2.79 bits per heavy atom. The molecule has 0 aliphatic rings. The van der Waals surface area contributed by atoms with Gasteiger partial charge in [0.15, 0.2) is 5.16 Å². The summed E-state index contributed by atoms with van der Waals surface area (Å²) in [6.07, 6.45) is 2.65. The Bertz CT molecular complexity index is 767. The molecule has 1 N–H and O–H groups in total. The number of carbonyl (C=O) groups excluding carboxylic acids is 1. The second-order valence-electron chi connectivity index (χ2n) is 5.80. The van der Waals surface area contributed by atoms with Crippen molar-refractivity contribution in [1.82, 2.24) is 14.9 Å². The third kappa shape index (κ3) is 4.39. The minimum Gasteiger partial charge on any atom is -0.353 e. The molecule has 0 fully saturated rings. The van der Waals surface area contributed by atoms with Gasteiger partial charge in [0, 0.05) is 17.5 Å². The number of hydrogen-bond donors (Lipinski definition) is 1. The molecule has 0 spiro atoms. The molecule has 1 unspecified atom stereocenters. The molecule has 0 radical (unpaired) electrons. The zero-order valence-electron chi connectivity index (χ0n) is 14.7. The number of nitrogens with one attached hydrogen (secondary N) is 1. The van der Waals surface area contributed by atoms with E-state index in [-0.39, 0.29) is 23.3 Å². The van der Waals surface area contributed by atoms with Gasteiger partial charge in [-0.25, -0.2) is 4.98 Å². The first-order valence-electron chi connectivity index (χ1n) is 8.45. The van der Waals surface area contributed by atoms with E-state index in [2.05, 4.69) is 17.2 Å². The summed E-state index contributed by atoms with van der Waals surface area (Å²) in [7, 11) is 0. The second kappa shape index (κ2) is 8.67. The molecule has 2 aromatic heterocycles. The Hall–Kier alpha value is -1.34. The number of hydrogen-bond acceptors (Lipinski definition) is 5. The summed E-state index contributed by atoms with van der Waals surface area (Å²) < 4.78 is 1.70. The van der Waals surface area contributed by atoms with E-state index in [0.717, 1.165) is 29.0 Å². The van der Waals surface area contributed by atoms with Crippen LogP contribution in [0.1, 0.15) is 45.4 Å². The zero-order chi connectivity index (χ0) is 17.7. The molecule has 0 aliphatic carbocycles. The van der Waals surface area contributed by atoms with Gasteiger partial charge in [-0.15, -0.1) is 11.3 Å². The molecule has 2 rings (SSSR count).